The zero-order valence-corrected chi connectivity index (χ0v) is 18.8. The number of amides is 1. The molecule has 1 fully saturated rings. The summed E-state index contributed by atoms with van der Waals surface area (Å²) in [5, 5.41) is 5.41. The Morgan fingerprint density at radius 2 is 1.73 bits per heavy atom. The van der Waals surface area contributed by atoms with Gasteiger partial charge in [-0.2, -0.15) is 9.29 Å². The van der Waals surface area contributed by atoms with E-state index in [0.29, 0.717) is 30.2 Å². The van der Waals surface area contributed by atoms with Gasteiger partial charge in [-0.05, 0) is 17.0 Å². The second kappa shape index (κ2) is 8.42. The minimum absolute atomic E-state index is 0.175. The minimum Gasteiger partial charge on any atom is -0.339 e. The molecule has 0 saturated carbocycles. The molecule has 0 N–H and O–H groups in total. The molecule has 33 heavy (non-hydrogen) atoms. The van der Waals surface area contributed by atoms with E-state index in [-0.39, 0.29) is 23.9 Å². The highest BCUT2D eigenvalue weighted by Gasteiger charge is 2.33. The molecule has 2 heterocycles. The van der Waals surface area contributed by atoms with Gasteiger partial charge in [-0.25, -0.2) is 8.42 Å². The number of sulfonamides is 1. The lowest BCUT2D eigenvalue weighted by molar-refractivity contribution is -0.134. The van der Waals surface area contributed by atoms with Gasteiger partial charge in [-0.15, -0.1) is 0 Å². The first-order valence-electron chi connectivity index (χ1n) is 10.6. The van der Waals surface area contributed by atoms with Gasteiger partial charge in [0, 0.05) is 37.5 Å². The Balaban J connectivity index is 1.29. The highest BCUT2D eigenvalue weighted by Crippen LogP contribution is 2.27. The van der Waals surface area contributed by atoms with Crippen molar-refractivity contribution >= 4 is 26.7 Å². The van der Waals surface area contributed by atoms with E-state index in [1.54, 1.807) is 30.0 Å². The number of rotatable bonds is 5. The summed E-state index contributed by atoms with van der Waals surface area (Å²) in [4.78, 5) is 19.0. The van der Waals surface area contributed by atoms with E-state index in [2.05, 4.69) is 10.1 Å². The molecule has 1 aliphatic rings. The Morgan fingerprint density at radius 3 is 2.45 bits per heavy atom. The molecule has 1 saturated heterocycles. The molecule has 0 radical (unpaired) electrons. The van der Waals surface area contributed by atoms with Crippen LogP contribution in [0.25, 0.3) is 22.2 Å². The molecule has 1 aliphatic heterocycles. The summed E-state index contributed by atoms with van der Waals surface area (Å²) < 4.78 is 32.9. The maximum Gasteiger partial charge on any atom is 0.244 e. The second-order valence-electron chi connectivity index (χ2n) is 7.97. The molecule has 0 bridgehead atoms. The molecular weight excluding hydrogens is 440 g/mol. The lowest BCUT2D eigenvalue weighted by Gasteiger charge is -2.34. The predicted octanol–water partition coefficient (Wildman–Crippen LogP) is 3.23. The first kappa shape index (κ1) is 21.3. The van der Waals surface area contributed by atoms with Crippen LogP contribution in [0.2, 0.25) is 0 Å². The molecule has 9 heteroatoms. The highest BCUT2D eigenvalue weighted by atomic mass is 32.2. The van der Waals surface area contributed by atoms with Gasteiger partial charge in [0.05, 0.1) is 11.4 Å². The van der Waals surface area contributed by atoms with Crippen molar-refractivity contribution in [1.29, 1.82) is 0 Å². The van der Waals surface area contributed by atoms with E-state index in [1.807, 2.05) is 48.5 Å². The summed E-state index contributed by atoms with van der Waals surface area (Å²) in [5.41, 5.74) is 1.77. The van der Waals surface area contributed by atoms with E-state index < -0.39 is 10.0 Å². The van der Waals surface area contributed by atoms with Gasteiger partial charge >= 0.3 is 0 Å². The van der Waals surface area contributed by atoms with Crippen molar-refractivity contribution in [3.63, 3.8) is 0 Å². The summed E-state index contributed by atoms with van der Waals surface area (Å²) in [5.74, 6) is 0.793. The number of benzene rings is 3. The number of hydrogen-bond donors (Lipinski definition) is 0. The SMILES string of the molecule is Cc1nc(-c2ccc(CN3CCN(S(=O)(=O)c4cccc5ccccc45)CC3=O)cc2)no1. The Bertz CT molecular complexity index is 1430. The predicted molar refractivity (Wildman–Crippen MR) is 123 cm³/mol. The van der Waals surface area contributed by atoms with Crippen molar-refractivity contribution in [3.05, 3.63) is 78.2 Å². The van der Waals surface area contributed by atoms with E-state index in [0.717, 1.165) is 16.5 Å². The maximum absolute atomic E-state index is 13.3. The van der Waals surface area contributed by atoms with E-state index in [9.17, 15) is 13.2 Å². The molecule has 0 atom stereocenters. The number of piperazine rings is 1. The number of carbonyl (C=O) groups excluding carboxylic acids is 1. The summed E-state index contributed by atoms with van der Waals surface area (Å²) >= 11 is 0. The van der Waals surface area contributed by atoms with E-state index in [4.69, 9.17) is 4.52 Å². The van der Waals surface area contributed by atoms with E-state index >= 15 is 0 Å². The molecule has 3 aromatic carbocycles. The molecule has 4 aromatic rings. The van der Waals surface area contributed by atoms with Crippen molar-refractivity contribution in [1.82, 2.24) is 19.3 Å². The van der Waals surface area contributed by atoms with Crippen molar-refractivity contribution < 1.29 is 17.7 Å². The highest BCUT2D eigenvalue weighted by molar-refractivity contribution is 7.89. The van der Waals surface area contributed by atoms with Gasteiger partial charge in [-0.1, -0.05) is 65.8 Å². The van der Waals surface area contributed by atoms with Crippen LogP contribution >= 0.6 is 0 Å². The van der Waals surface area contributed by atoms with Crippen molar-refractivity contribution in [2.45, 2.75) is 18.4 Å². The maximum atomic E-state index is 13.3. The lowest BCUT2D eigenvalue weighted by atomic mass is 10.1. The monoisotopic (exact) mass is 462 g/mol. The Kier molecular flexibility index (Phi) is 5.43. The number of carbonyl (C=O) groups is 1. The normalized spacial score (nSPS) is 15.3. The molecule has 5 rings (SSSR count). The van der Waals surface area contributed by atoms with Gasteiger partial charge in [0.2, 0.25) is 27.6 Å². The molecule has 8 nitrogen and oxygen atoms in total. The van der Waals surface area contributed by atoms with Crippen LogP contribution in [0, 0.1) is 6.92 Å². The summed E-state index contributed by atoms with van der Waals surface area (Å²) in [6.07, 6.45) is 0. The minimum atomic E-state index is -3.79. The summed E-state index contributed by atoms with van der Waals surface area (Å²) in [7, 11) is -3.79. The third kappa shape index (κ3) is 4.12. The molecule has 0 unspecified atom stereocenters. The standard InChI is InChI=1S/C24H22N4O4S/c1-17-25-24(26-32-17)20-11-9-18(10-12-20)15-27-13-14-28(16-23(27)29)33(30,31)22-8-4-6-19-5-2-3-7-21(19)22/h2-12H,13-16H2,1H3. The van der Waals surface area contributed by atoms with Crippen molar-refractivity contribution in [2.75, 3.05) is 19.6 Å². The molecule has 0 aliphatic carbocycles. The molecule has 1 aromatic heterocycles. The number of hydrogen-bond acceptors (Lipinski definition) is 6. The first-order valence-corrected chi connectivity index (χ1v) is 12.0. The number of aromatic nitrogens is 2. The average molecular weight is 463 g/mol. The van der Waals surface area contributed by atoms with Crippen LogP contribution in [0.5, 0.6) is 0 Å². The fourth-order valence-corrected chi connectivity index (χ4v) is 5.61. The van der Waals surface area contributed by atoms with Crippen LogP contribution in [0.1, 0.15) is 11.5 Å². The second-order valence-corrected chi connectivity index (χ2v) is 9.87. The fourth-order valence-electron chi connectivity index (χ4n) is 4.02. The summed E-state index contributed by atoms with van der Waals surface area (Å²) in [6.45, 7) is 2.54. The smallest absolute Gasteiger partial charge is 0.244 e. The van der Waals surface area contributed by atoms with Gasteiger partial charge in [0.15, 0.2) is 0 Å². The zero-order chi connectivity index (χ0) is 23.0. The van der Waals surface area contributed by atoms with Gasteiger partial charge in [0.25, 0.3) is 0 Å². The van der Waals surface area contributed by atoms with Crippen LogP contribution in [-0.2, 0) is 21.4 Å². The third-order valence-corrected chi connectivity index (χ3v) is 7.67. The number of nitrogens with zero attached hydrogens (tertiary/aromatic N) is 4. The first-order chi connectivity index (χ1) is 15.9. The molecular formula is C24H22N4O4S. The Morgan fingerprint density at radius 1 is 0.970 bits per heavy atom. The Hall–Kier alpha value is -3.56. The van der Waals surface area contributed by atoms with Gasteiger partial charge < -0.3 is 9.42 Å². The fraction of sp³-hybridized carbons (Fsp3) is 0.208. The van der Waals surface area contributed by atoms with Crippen LogP contribution < -0.4 is 0 Å². The number of fused-ring (bicyclic) bond motifs is 1. The zero-order valence-electron chi connectivity index (χ0n) is 18.0. The quantitative estimate of drug-likeness (QED) is 0.452. The topological polar surface area (TPSA) is 96.6 Å². The van der Waals surface area contributed by atoms with Crippen LogP contribution in [0.3, 0.4) is 0 Å². The van der Waals surface area contributed by atoms with Gasteiger partial charge in [-0.3, -0.25) is 4.79 Å². The third-order valence-electron chi connectivity index (χ3n) is 5.76. The molecule has 1 amide bonds. The molecule has 0 spiro atoms. The van der Waals surface area contributed by atoms with Crippen molar-refractivity contribution in [3.8, 4) is 11.4 Å². The molecule has 168 valence electrons. The Labute approximate surface area is 191 Å². The largest absolute Gasteiger partial charge is 0.339 e. The average Bonchev–Trinajstić information content (AvgIpc) is 3.26. The summed E-state index contributed by atoms with van der Waals surface area (Å²) in [6, 6.07) is 20.1. The van der Waals surface area contributed by atoms with Gasteiger partial charge in [0.1, 0.15) is 0 Å². The van der Waals surface area contributed by atoms with Crippen LogP contribution in [0.15, 0.2) is 76.1 Å². The van der Waals surface area contributed by atoms with Crippen LogP contribution in [-0.4, -0.2) is 53.3 Å². The number of aryl methyl sites for hydroxylation is 1. The lowest BCUT2D eigenvalue weighted by Crippen LogP contribution is -2.51. The van der Waals surface area contributed by atoms with E-state index in [1.165, 1.54) is 4.31 Å². The van der Waals surface area contributed by atoms with Crippen LogP contribution in [0.4, 0.5) is 0 Å². The van der Waals surface area contributed by atoms with Crippen molar-refractivity contribution in [2.24, 2.45) is 0 Å².